The molecule has 29 heavy (non-hydrogen) atoms. The smallest absolute Gasteiger partial charge is 0.342 e. The Bertz CT molecular complexity index is 638. The van der Waals surface area contributed by atoms with Crippen molar-refractivity contribution in [1.82, 2.24) is 0 Å². The van der Waals surface area contributed by atoms with Gasteiger partial charge in [-0.2, -0.15) is 0 Å². The molecule has 10 heteroatoms. The third-order valence-electron chi connectivity index (χ3n) is 2.77. The molecule has 0 spiro atoms. The number of carbonyl (C=O) groups is 4. The number of ether oxygens (including phenoxy) is 1. The second-order valence-corrected chi connectivity index (χ2v) is 6.07. The number of hydrogen-bond acceptors (Lipinski definition) is 10. The molecule has 0 unspecified atom stereocenters. The van der Waals surface area contributed by atoms with Crippen LogP contribution in [0.25, 0.3) is 0 Å². The Labute approximate surface area is 168 Å². The molecule has 164 valence electrons. The molecule has 0 bridgehead atoms. The van der Waals surface area contributed by atoms with Crippen molar-refractivity contribution in [1.29, 1.82) is 0 Å². The summed E-state index contributed by atoms with van der Waals surface area (Å²) in [6.07, 6.45) is -7.23. The zero-order chi connectivity index (χ0) is 23.1. The number of carbonyl (C=O) groups excluding carboxylic acids is 4. The fourth-order valence-corrected chi connectivity index (χ4v) is 1.54. The van der Waals surface area contributed by atoms with E-state index in [4.69, 9.17) is 5.11 Å². The monoisotopic (exact) mass is 416 g/mol. The molecular weight excluding hydrogens is 388 g/mol. The summed E-state index contributed by atoms with van der Waals surface area (Å²) in [4.78, 5) is 41.5. The van der Waals surface area contributed by atoms with Gasteiger partial charge in [-0.1, -0.05) is 12.1 Å². The molecule has 1 aromatic rings. The van der Waals surface area contributed by atoms with Crippen molar-refractivity contribution in [3.63, 3.8) is 0 Å². The summed E-state index contributed by atoms with van der Waals surface area (Å²) in [5.74, 6) is -1.13. The first-order valence-electron chi connectivity index (χ1n) is 8.42. The number of aldehydes is 1. The zero-order valence-electron chi connectivity index (χ0n) is 16.7. The van der Waals surface area contributed by atoms with Gasteiger partial charge < -0.3 is 39.9 Å². The van der Waals surface area contributed by atoms with Gasteiger partial charge in [0.1, 0.15) is 41.2 Å². The predicted octanol–water partition coefficient (Wildman–Crippen LogP) is -0.618. The molecule has 0 saturated heterocycles. The predicted molar refractivity (Wildman–Crippen MR) is 101 cm³/mol. The molecule has 0 aliphatic carbocycles. The maximum atomic E-state index is 11.8. The van der Waals surface area contributed by atoms with Gasteiger partial charge in [0.2, 0.25) is 0 Å². The summed E-state index contributed by atoms with van der Waals surface area (Å²) in [7, 11) is 0. The van der Waals surface area contributed by atoms with Crippen LogP contribution in [0.3, 0.4) is 0 Å². The molecule has 0 heterocycles. The van der Waals surface area contributed by atoms with Crippen LogP contribution >= 0.6 is 0 Å². The highest BCUT2D eigenvalue weighted by Gasteiger charge is 2.34. The largest absolute Gasteiger partial charge is 0.507 e. The maximum absolute atomic E-state index is 11.8. The molecule has 0 aromatic heterocycles. The van der Waals surface area contributed by atoms with E-state index in [9.17, 15) is 39.6 Å². The minimum Gasteiger partial charge on any atom is -0.507 e. The van der Waals surface area contributed by atoms with Crippen LogP contribution in [-0.4, -0.2) is 80.4 Å². The lowest BCUT2D eigenvalue weighted by atomic mass is 10.0. The number of hydrogen-bond donors (Lipinski definition) is 5. The summed E-state index contributed by atoms with van der Waals surface area (Å²) in [6, 6.07) is 5.39. The molecular formula is C19H28O10. The molecule has 4 atom stereocenters. The van der Waals surface area contributed by atoms with E-state index < -0.39 is 37.0 Å². The summed E-state index contributed by atoms with van der Waals surface area (Å²) >= 11 is 0. The normalized spacial score (nSPS) is 13.8. The van der Waals surface area contributed by atoms with E-state index in [1.807, 2.05) is 0 Å². The second kappa shape index (κ2) is 15.3. The number of para-hydroxylation sites is 1. The van der Waals surface area contributed by atoms with E-state index in [1.54, 1.807) is 0 Å². The van der Waals surface area contributed by atoms with Crippen molar-refractivity contribution in [2.45, 2.75) is 52.1 Å². The van der Waals surface area contributed by atoms with Gasteiger partial charge in [0.05, 0.1) is 6.61 Å². The Morgan fingerprint density at radius 2 is 1.41 bits per heavy atom. The third kappa shape index (κ3) is 13.2. The Morgan fingerprint density at radius 1 is 0.966 bits per heavy atom. The molecule has 1 rings (SSSR count). The highest BCUT2D eigenvalue weighted by atomic mass is 16.6. The maximum Gasteiger partial charge on any atom is 0.342 e. The van der Waals surface area contributed by atoms with E-state index in [1.165, 1.54) is 52.0 Å². The molecule has 0 amide bonds. The highest BCUT2D eigenvalue weighted by Crippen LogP contribution is 2.18. The van der Waals surface area contributed by atoms with Gasteiger partial charge in [0, 0.05) is 0 Å². The molecule has 0 radical (unpaired) electrons. The van der Waals surface area contributed by atoms with Crippen LogP contribution in [0, 0.1) is 0 Å². The number of ketones is 2. The molecule has 0 fully saturated rings. The molecule has 0 saturated carbocycles. The third-order valence-corrected chi connectivity index (χ3v) is 2.77. The summed E-state index contributed by atoms with van der Waals surface area (Å²) in [5.41, 5.74) is -0.228. The minimum absolute atomic E-state index is 0.0653. The van der Waals surface area contributed by atoms with Crippen LogP contribution in [0.15, 0.2) is 24.3 Å². The lowest BCUT2D eigenvalue weighted by Crippen LogP contribution is -2.48. The van der Waals surface area contributed by atoms with Gasteiger partial charge in [-0.05, 0) is 39.8 Å². The summed E-state index contributed by atoms with van der Waals surface area (Å²) < 4.78 is 4.67. The number of phenols is 1. The van der Waals surface area contributed by atoms with Crippen molar-refractivity contribution in [2.24, 2.45) is 0 Å². The number of rotatable bonds is 7. The van der Waals surface area contributed by atoms with E-state index in [2.05, 4.69) is 4.74 Å². The Hall–Kier alpha value is -2.66. The van der Waals surface area contributed by atoms with Crippen LogP contribution in [0.2, 0.25) is 0 Å². The Morgan fingerprint density at radius 3 is 1.79 bits per heavy atom. The van der Waals surface area contributed by atoms with Gasteiger partial charge >= 0.3 is 5.97 Å². The van der Waals surface area contributed by atoms with Crippen molar-refractivity contribution in [3.8, 4) is 5.75 Å². The number of aromatic hydroxyl groups is 1. The minimum atomic E-state index is -1.93. The summed E-state index contributed by atoms with van der Waals surface area (Å²) in [5, 5.41) is 46.4. The number of Topliss-reactive ketones (excluding diaryl/α,β-unsaturated/α-hetero) is 2. The fourth-order valence-electron chi connectivity index (χ4n) is 1.54. The number of esters is 1. The van der Waals surface area contributed by atoms with Crippen LogP contribution < -0.4 is 0 Å². The SMILES string of the molecule is CC(C)=O.CC(C)=O.O=C[C@H](OC(=O)c1ccccc1O)[C@@H](O)[C@H](O)[C@H](O)CO. The lowest BCUT2D eigenvalue weighted by molar-refractivity contribution is -0.138. The average Bonchev–Trinajstić information content (AvgIpc) is 2.63. The van der Waals surface area contributed by atoms with Gasteiger partial charge in [0.15, 0.2) is 12.4 Å². The standard InChI is InChI=1S/C13H16O8.2C3H6O/c14-5-9(17)11(18)12(19)10(6-15)21-13(20)7-3-1-2-4-8(7)16;2*1-3(2)4/h1-4,6,9-12,14,16-19H,5H2;2*1-2H3/t9-,10+,11-,12-;;/m1../s1. The first-order chi connectivity index (χ1) is 13.4. The number of benzene rings is 1. The number of aliphatic hydroxyl groups excluding tert-OH is 4. The van der Waals surface area contributed by atoms with Crippen molar-refractivity contribution < 1.29 is 49.4 Å². The number of aliphatic hydroxyl groups is 4. The quantitative estimate of drug-likeness (QED) is 0.284. The molecule has 1 aromatic carbocycles. The van der Waals surface area contributed by atoms with Crippen molar-refractivity contribution in [2.75, 3.05) is 6.61 Å². The van der Waals surface area contributed by atoms with E-state index >= 15 is 0 Å². The van der Waals surface area contributed by atoms with Crippen LogP contribution in [0.1, 0.15) is 38.1 Å². The van der Waals surface area contributed by atoms with Crippen LogP contribution in [0.5, 0.6) is 5.75 Å². The summed E-state index contributed by atoms with van der Waals surface area (Å²) in [6.45, 7) is 5.26. The molecule has 5 N–H and O–H groups in total. The van der Waals surface area contributed by atoms with Gasteiger partial charge in [-0.25, -0.2) is 4.79 Å². The highest BCUT2D eigenvalue weighted by molar-refractivity contribution is 5.93. The fraction of sp³-hybridized carbons (Fsp3) is 0.474. The van der Waals surface area contributed by atoms with Gasteiger partial charge in [-0.3, -0.25) is 4.79 Å². The van der Waals surface area contributed by atoms with Crippen LogP contribution in [0.4, 0.5) is 0 Å². The average molecular weight is 416 g/mol. The number of phenolic OH excluding ortho intramolecular Hbond substituents is 1. The van der Waals surface area contributed by atoms with Gasteiger partial charge in [-0.15, -0.1) is 0 Å². The van der Waals surface area contributed by atoms with E-state index in [-0.39, 0.29) is 29.2 Å². The first kappa shape index (κ1) is 28.5. The van der Waals surface area contributed by atoms with Crippen LogP contribution in [-0.2, 0) is 19.1 Å². The van der Waals surface area contributed by atoms with Crippen molar-refractivity contribution in [3.05, 3.63) is 29.8 Å². The van der Waals surface area contributed by atoms with Gasteiger partial charge in [0.25, 0.3) is 0 Å². The zero-order valence-corrected chi connectivity index (χ0v) is 16.7. The van der Waals surface area contributed by atoms with Crippen molar-refractivity contribution >= 4 is 23.8 Å². The molecule has 0 aliphatic heterocycles. The Balaban J connectivity index is 0. The Kier molecular flexibility index (Phi) is 15.0. The van der Waals surface area contributed by atoms with E-state index in [0.717, 1.165) is 0 Å². The van der Waals surface area contributed by atoms with E-state index in [0.29, 0.717) is 0 Å². The first-order valence-corrected chi connectivity index (χ1v) is 8.42. The lowest BCUT2D eigenvalue weighted by Gasteiger charge is -2.25. The topological polar surface area (TPSA) is 179 Å². The molecule has 0 aliphatic rings. The molecule has 10 nitrogen and oxygen atoms in total. The second-order valence-electron chi connectivity index (χ2n) is 6.07.